The van der Waals surface area contributed by atoms with Gasteiger partial charge in [0.15, 0.2) is 0 Å². The average Bonchev–Trinajstić information content (AvgIpc) is 2.34. The zero-order valence-electron chi connectivity index (χ0n) is 11.6. The Labute approximate surface area is 113 Å². The summed E-state index contributed by atoms with van der Waals surface area (Å²) in [5.41, 5.74) is 5.37. The van der Waals surface area contributed by atoms with Crippen molar-refractivity contribution in [2.24, 2.45) is 5.73 Å². The summed E-state index contributed by atoms with van der Waals surface area (Å²) >= 11 is 0. The molecule has 1 unspecified atom stereocenters. The fourth-order valence-electron chi connectivity index (χ4n) is 1.53. The van der Waals surface area contributed by atoms with Gasteiger partial charge in [-0.15, -0.1) is 0 Å². The molecule has 7 nitrogen and oxygen atoms in total. The molecule has 0 bridgehead atoms. The minimum Gasteiger partial charge on any atom is -0.352 e. The molecule has 0 aliphatic heterocycles. The van der Waals surface area contributed by atoms with Gasteiger partial charge in [-0.3, -0.25) is 14.4 Å². The van der Waals surface area contributed by atoms with Crippen molar-refractivity contribution in [3.63, 3.8) is 0 Å². The predicted octanol–water partition coefficient (Wildman–Crippen LogP) is -1.13. The van der Waals surface area contributed by atoms with Crippen molar-refractivity contribution in [3.05, 3.63) is 0 Å². The third kappa shape index (κ3) is 9.01. The molecule has 5 N–H and O–H groups in total. The van der Waals surface area contributed by atoms with Crippen LogP contribution in [0, 0.1) is 0 Å². The lowest BCUT2D eigenvalue weighted by atomic mass is 10.1. The summed E-state index contributed by atoms with van der Waals surface area (Å²) in [6.45, 7) is 4.13. The van der Waals surface area contributed by atoms with E-state index in [1.54, 1.807) is 0 Å². The van der Waals surface area contributed by atoms with E-state index in [1.165, 1.54) is 0 Å². The summed E-state index contributed by atoms with van der Waals surface area (Å²) in [4.78, 5) is 33.6. The maximum atomic E-state index is 11.8. The highest BCUT2D eigenvalue weighted by Crippen LogP contribution is 2.00. The number of nitrogens with two attached hydrogens (primary N) is 1. The molecule has 0 saturated carbocycles. The lowest BCUT2D eigenvalue weighted by Crippen LogP contribution is -2.47. The second kappa shape index (κ2) is 10.3. The summed E-state index contributed by atoms with van der Waals surface area (Å²) < 4.78 is 0. The number of hydrogen-bond donors (Lipinski definition) is 4. The zero-order valence-corrected chi connectivity index (χ0v) is 11.6. The van der Waals surface area contributed by atoms with Gasteiger partial charge in [0.05, 0.1) is 6.54 Å². The number of amides is 3. The van der Waals surface area contributed by atoms with E-state index in [4.69, 9.17) is 5.73 Å². The fraction of sp³-hybridized carbons (Fsp3) is 0.750. The Morgan fingerprint density at radius 2 is 1.95 bits per heavy atom. The van der Waals surface area contributed by atoms with E-state index in [9.17, 15) is 14.4 Å². The SMILES string of the molecule is CC(C)NC(=O)CNC(=O)C(CCCCN)NC=O. The van der Waals surface area contributed by atoms with E-state index in [2.05, 4.69) is 16.0 Å². The number of hydrogen-bond acceptors (Lipinski definition) is 4. The summed E-state index contributed by atoms with van der Waals surface area (Å²) in [7, 11) is 0. The highest BCUT2D eigenvalue weighted by molar-refractivity contribution is 5.88. The summed E-state index contributed by atoms with van der Waals surface area (Å²) in [6, 6.07) is -0.589. The van der Waals surface area contributed by atoms with Gasteiger partial charge in [-0.25, -0.2) is 0 Å². The van der Waals surface area contributed by atoms with Crippen LogP contribution in [0.5, 0.6) is 0 Å². The van der Waals surface area contributed by atoms with Crippen molar-refractivity contribution >= 4 is 18.2 Å². The average molecular weight is 272 g/mol. The van der Waals surface area contributed by atoms with Gasteiger partial charge in [-0.1, -0.05) is 0 Å². The van der Waals surface area contributed by atoms with Crippen molar-refractivity contribution in [1.82, 2.24) is 16.0 Å². The molecule has 0 rings (SSSR count). The van der Waals surface area contributed by atoms with Crippen LogP contribution in [0.3, 0.4) is 0 Å². The van der Waals surface area contributed by atoms with Crippen LogP contribution in [0.4, 0.5) is 0 Å². The van der Waals surface area contributed by atoms with Crippen LogP contribution in [0.1, 0.15) is 33.1 Å². The molecule has 19 heavy (non-hydrogen) atoms. The van der Waals surface area contributed by atoms with Crippen LogP contribution >= 0.6 is 0 Å². The lowest BCUT2D eigenvalue weighted by molar-refractivity contribution is -0.128. The van der Waals surface area contributed by atoms with Gasteiger partial charge in [-0.05, 0) is 39.7 Å². The molecule has 0 aromatic rings. The Morgan fingerprint density at radius 1 is 1.26 bits per heavy atom. The quantitative estimate of drug-likeness (QED) is 0.298. The minimum atomic E-state index is -0.615. The van der Waals surface area contributed by atoms with Crippen LogP contribution in [-0.4, -0.2) is 43.4 Å². The fourth-order valence-corrected chi connectivity index (χ4v) is 1.53. The first-order valence-electron chi connectivity index (χ1n) is 6.48. The van der Waals surface area contributed by atoms with Crippen LogP contribution in [-0.2, 0) is 14.4 Å². The Morgan fingerprint density at radius 3 is 2.47 bits per heavy atom. The Balaban J connectivity index is 4.09. The monoisotopic (exact) mass is 272 g/mol. The van der Waals surface area contributed by atoms with Crippen molar-refractivity contribution in [1.29, 1.82) is 0 Å². The third-order valence-corrected chi connectivity index (χ3v) is 2.41. The summed E-state index contributed by atoms with van der Waals surface area (Å²) in [5, 5.41) is 7.60. The largest absolute Gasteiger partial charge is 0.352 e. The van der Waals surface area contributed by atoms with Crippen molar-refractivity contribution in [2.45, 2.75) is 45.2 Å². The van der Waals surface area contributed by atoms with Gasteiger partial charge in [0.2, 0.25) is 18.2 Å². The van der Waals surface area contributed by atoms with Crippen LogP contribution in [0.2, 0.25) is 0 Å². The van der Waals surface area contributed by atoms with E-state index >= 15 is 0 Å². The maximum absolute atomic E-state index is 11.8. The molecule has 0 spiro atoms. The van der Waals surface area contributed by atoms with E-state index in [0.717, 1.165) is 12.8 Å². The van der Waals surface area contributed by atoms with Crippen molar-refractivity contribution in [2.75, 3.05) is 13.1 Å². The molecule has 0 fully saturated rings. The summed E-state index contributed by atoms with van der Waals surface area (Å²) in [5.74, 6) is -0.613. The predicted molar refractivity (Wildman–Crippen MR) is 72.2 cm³/mol. The van der Waals surface area contributed by atoms with Gasteiger partial charge in [0.1, 0.15) is 6.04 Å². The molecule has 7 heteroatoms. The standard InChI is InChI=1S/C12H24N4O3/c1-9(2)16-11(18)7-14-12(19)10(15-8-17)5-3-4-6-13/h8-10H,3-7,13H2,1-2H3,(H,14,19)(H,15,17)(H,16,18). The molecule has 0 aliphatic rings. The van der Waals surface area contributed by atoms with E-state index in [0.29, 0.717) is 19.4 Å². The summed E-state index contributed by atoms with van der Waals surface area (Å²) in [6.07, 6.45) is 2.53. The Kier molecular flexibility index (Phi) is 9.42. The first-order valence-corrected chi connectivity index (χ1v) is 6.48. The second-order valence-electron chi connectivity index (χ2n) is 4.56. The molecular weight excluding hydrogens is 248 g/mol. The van der Waals surface area contributed by atoms with Gasteiger partial charge >= 0.3 is 0 Å². The second-order valence-corrected chi connectivity index (χ2v) is 4.56. The molecule has 0 heterocycles. The van der Waals surface area contributed by atoms with E-state index in [-0.39, 0.29) is 24.4 Å². The molecule has 0 aromatic heterocycles. The van der Waals surface area contributed by atoms with Gasteiger partial charge < -0.3 is 21.7 Å². The topological polar surface area (TPSA) is 113 Å². The molecule has 0 aromatic carbocycles. The molecule has 0 aliphatic carbocycles. The smallest absolute Gasteiger partial charge is 0.243 e. The number of carbonyl (C=O) groups excluding carboxylic acids is 3. The minimum absolute atomic E-state index is 0.0258. The normalized spacial score (nSPS) is 11.8. The molecule has 1 atom stereocenters. The number of nitrogens with one attached hydrogen (secondary N) is 3. The van der Waals surface area contributed by atoms with E-state index < -0.39 is 6.04 Å². The number of unbranched alkanes of at least 4 members (excludes halogenated alkanes) is 1. The maximum Gasteiger partial charge on any atom is 0.243 e. The number of rotatable bonds is 10. The third-order valence-electron chi connectivity index (χ3n) is 2.41. The molecule has 110 valence electrons. The highest BCUT2D eigenvalue weighted by Gasteiger charge is 2.17. The van der Waals surface area contributed by atoms with Crippen molar-refractivity contribution in [3.8, 4) is 0 Å². The lowest BCUT2D eigenvalue weighted by Gasteiger charge is -2.16. The van der Waals surface area contributed by atoms with E-state index in [1.807, 2.05) is 13.8 Å². The van der Waals surface area contributed by atoms with Crippen molar-refractivity contribution < 1.29 is 14.4 Å². The Bertz CT molecular complexity index is 295. The molecule has 0 radical (unpaired) electrons. The Hall–Kier alpha value is -1.63. The first kappa shape index (κ1) is 17.4. The van der Waals surface area contributed by atoms with Crippen LogP contribution < -0.4 is 21.7 Å². The first-order chi connectivity index (χ1) is 9.01. The van der Waals surface area contributed by atoms with Gasteiger partial charge in [-0.2, -0.15) is 0 Å². The molecular formula is C12H24N4O3. The number of carbonyl (C=O) groups is 3. The van der Waals surface area contributed by atoms with Gasteiger partial charge in [0, 0.05) is 6.04 Å². The molecule has 0 saturated heterocycles. The highest BCUT2D eigenvalue weighted by atomic mass is 16.2. The van der Waals surface area contributed by atoms with Crippen LogP contribution in [0.25, 0.3) is 0 Å². The molecule has 3 amide bonds. The van der Waals surface area contributed by atoms with Crippen LogP contribution in [0.15, 0.2) is 0 Å². The zero-order chi connectivity index (χ0) is 14.7. The van der Waals surface area contributed by atoms with Gasteiger partial charge in [0.25, 0.3) is 0 Å².